The van der Waals surface area contributed by atoms with Crippen LogP contribution in [0.5, 0.6) is 0 Å². The van der Waals surface area contributed by atoms with E-state index in [0.717, 1.165) is 52.6 Å². The van der Waals surface area contributed by atoms with Crippen LogP contribution >= 0.6 is 0 Å². The zero-order valence-electron chi connectivity index (χ0n) is 15.9. The van der Waals surface area contributed by atoms with Gasteiger partial charge < -0.3 is 14.6 Å². The van der Waals surface area contributed by atoms with E-state index in [9.17, 15) is 4.79 Å². The van der Waals surface area contributed by atoms with Crippen LogP contribution in [-0.4, -0.2) is 35.6 Å². The predicted molar refractivity (Wildman–Crippen MR) is 112 cm³/mol. The van der Waals surface area contributed by atoms with Crippen molar-refractivity contribution in [2.45, 2.75) is 20.3 Å². The molecule has 0 unspecified atom stereocenters. The van der Waals surface area contributed by atoms with Crippen molar-refractivity contribution < 1.29 is 9.53 Å². The van der Waals surface area contributed by atoms with Gasteiger partial charge in [-0.05, 0) is 37.1 Å². The van der Waals surface area contributed by atoms with E-state index in [1.807, 2.05) is 26.0 Å². The molecule has 1 aromatic carbocycles. The first-order valence-electron chi connectivity index (χ1n) is 9.15. The number of hydrogen-bond donors (Lipinski definition) is 1. The molecule has 3 rings (SSSR count). The molecular formula is C22H25N3O2. The standard InChI is InChI=1S/C22H25N3O2/c1-5-10-25(11-6-2)16-8-9-18-17(13-16)20-15(4)21(22(26)27-12-7-3)23-14-19(20)24-18/h5-6,8-9,13-14,24H,1-2,7,10-12H2,3-4H3. The first-order chi connectivity index (χ1) is 13.1. The zero-order valence-corrected chi connectivity index (χ0v) is 15.9. The molecule has 0 saturated carbocycles. The summed E-state index contributed by atoms with van der Waals surface area (Å²) in [5.41, 5.74) is 4.20. The number of ether oxygens (including phenoxy) is 1. The van der Waals surface area contributed by atoms with Crippen molar-refractivity contribution in [3.63, 3.8) is 0 Å². The number of nitrogens with one attached hydrogen (secondary N) is 1. The number of fused-ring (bicyclic) bond motifs is 3. The number of aryl methyl sites for hydroxylation is 1. The van der Waals surface area contributed by atoms with E-state index in [-0.39, 0.29) is 5.97 Å². The van der Waals surface area contributed by atoms with Crippen molar-refractivity contribution >= 4 is 33.5 Å². The van der Waals surface area contributed by atoms with Crippen LogP contribution in [0.3, 0.4) is 0 Å². The van der Waals surface area contributed by atoms with Gasteiger partial charge >= 0.3 is 5.97 Å². The van der Waals surface area contributed by atoms with Crippen LogP contribution in [0.4, 0.5) is 5.69 Å². The highest BCUT2D eigenvalue weighted by Crippen LogP contribution is 2.32. The Morgan fingerprint density at radius 2 is 2.00 bits per heavy atom. The molecule has 5 heteroatoms. The van der Waals surface area contributed by atoms with Gasteiger partial charge in [-0.25, -0.2) is 9.78 Å². The maximum absolute atomic E-state index is 12.3. The van der Waals surface area contributed by atoms with Crippen LogP contribution in [0.25, 0.3) is 21.8 Å². The van der Waals surface area contributed by atoms with Gasteiger partial charge in [-0.15, -0.1) is 13.2 Å². The van der Waals surface area contributed by atoms with E-state index in [0.29, 0.717) is 12.3 Å². The lowest BCUT2D eigenvalue weighted by atomic mass is 10.1. The molecule has 0 aliphatic rings. The van der Waals surface area contributed by atoms with E-state index in [1.165, 1.54) is 0 Å². The topological polar surface area (TPSA) is 58.2 Å². The molecule has 27 heavy (non-hydrogen) atoms. The molecular weight excluding hydrogens is 338 g/mol. The number of benzene rings is 1. The average molecular weight is 363 g/mol. The molecule has 0 spiro atoms. The third-order valence-corrected chi connectivity index (χ3v) is 4.56. The van der Waals surface area contributed by atoms with Gasteiger partial charge in [0.15, 0.2) is 5.69 Å². The molecule has 0 radical (unpaired) electrons. The lowest BCUT2D eigenvalue weighted by Gasteiger charge is -2.21. The molecule has 2 aromatic heterocycles. The number of anilines is 1. The number of hydrogen-bond acceptors (Lipinski definition) is 4. The third-order valence-electron chi connectivity index (χ3n) is 4.56. The van der Waals surface area contributed by atoms with Crippen LogP contribution in [0.1, 0.15) is 29.4 Å². The minimum Gasteiger partial charge on any atom is -0.461 e. The number of carbonyl (C=O) groups is 1. The van der Waals surface area contributed by atoms with E-state index in [4.69, 9.17) is 4.74 Å². The van der Waals surface area contributed by atoms with Crippen LogP contribution in [0.15, 0.2) is 49.7 Å². The second-order valence-electron chi connectivity index (χ2n) is 6.49. The Labute approximate surface area is 159 Å². The summed E-state index contributed by atoms with van der Waals surface area (Å²) < 4.78 is 5.28. The molecule has 0 atom stereocenters. The van der Waals surface area contributed by atoms with Crippen LogP contribution < -0.4 is 4.90 Å². The summed E-state index contributed by atoms with van der Waals surface area (Å²) in [6, 6.07) is 6.26. The average Bonchev–Trinajstić information content (AvgIpc) is 3.04. The monoisotopic (exact) mass is 363 g/mol. The number of aromatic amines is 1. The maximum atomic E-state index is 12.3. The number of carbonyl (C=O) groups excluding carboxylic acids is 1. The van der Waals surface area contributed by atoms with Crippen molar-refractivity contribution in [1.82, 2.24) is 9.97 Å². The van der Waals surface area contributed by atoms with Gasteiger partial charge in [0.25, 0.3) is 0 Å². The van der Waals surface area contributed by atoms with Crippen molar-refractivity contribution in [3.8, 4) is 0 Å². The van der Waals surface area contributed by atoms with Gasteiger partial charge in [-0.3, -0.25) is 0 Å². The minimum atomic E-state index is -0.373. The summed E-state index contributed by atoms with van der Waals surface area (Å²) in [4.78, 5) is 22.2. The predicted octanol–water partition coefficient (Wildman–Crippen LogP) is 4.77. The highest BCUT2D eigenvalue weighted by atomic mass is 16.5. The number of esters is 1. The van der Waals surface area contributed by atoms with Gasteiger partial charge in [0.05, 0.1) is 18.3 Å². The fourth-order valence-corrected chi connectivity index (χ4v) is 3.31. The summed E-state index contributed by atoms with van der Waals surface area (Å²) in [7, 11) is 0. The molecule has 0 aliphatic carbocycles. The summed E-state index contributed by atoms with van der Waals surface area (Å²) in [5.74, 6) is -0.373. The van der Waals surface area contributed by atoms with Gasteiger partial charge in [-0.1, -0.05) is 19.1 Å². The molecule has 1 N–H and O–H groups in total. The molecule has 2 heterocycles. The largest absolute Gasteiger partial charge is 0.461 e. The minimum absolute atomic E-state index is 0.372. The van der Waals surface area contributed by atoms with Gasteiger partial charge in [0.1, 0.15) is 0 Å². The Kier molecular flexibility index (Phi) is 5.60. The Balaban J connectivity index is 2.14. The van der Waals surface area contributed by atoms with Crippen LogP contribution in [-0.2, 0) is 4.74 Å². The Morgan fingerprint density at radius 1 is 1.26 bits per heavy atom. The smallest absolute Gasteiger partial charge is 0.357 e. The van der Waals surface area contributed by atoms with Crippen molar-refractivity contribution in [2.75, 3.05) is 24.6 Å². The molecule has 3 aromatic rings. The highest BCUT2D eigenvalue weighted by molar-refractivity contribution is 6.11. The molecule has 0 aliphatic heterocycles. The Hall–Kier alpha value is -3.08. The first-order valence-corrected chi connectivity index (χ1v) is 9.15. The molecule has 0 bridgehead atoms. The fourth-order valence-electron chi connectivity index (χ4n) is 3.31. The van der Waals surface area contributed by atoms with Gasteiger partial charge in [0.2, 0.25) is 0 Å². The van der Waals surface area contributed by atoms with Crippen molar-refractivity contribution in [1.29, 1.82) is 0 Å². The van der Waals surface area contributed by atoms with Gasteiger partial charge in [0, 0.05) is 35.1 Å². The third kappa shape index (κ3) is 3.58. The van der Waals surface area contributed by atoms with E-state index >= 15 is 0 Å². The zero-order chi connectivity index (χ0) is 19.4. The lowest BCUT2D eigenvalue weighted by Crippen LogP contribution is -2.22. The van der Waals surface area contributed by atoms with Crippen LogP contribution in [0, 0.1) is 6.92 Å². The molecule has 5 nitrogen and oxygen atoms in total. The number of pyridine rings is 1. The SMILES string of the molecule is C=CCN(CC=C)c1ccc2[nH]c3cnc(C(=O)OCCC)c(C)c3c2c1. The second kappa shape index (κ2) is 8.08. The van der Waals surface area contributed by atoms with E-state index in [2.05, 4.69) is 46.2 Å². The quantitative estimate of drug-likeness (QED) is 0.463. The molecule has 140 valence electrons. The summed E-state index contributed by atoms with van der Waals surface area (Å²) >= 11 is 0. The Morgan fingerprint density at radius 3 is 2.67 bits per heavy atom. The van der Waals surface area contributed by atoms with Crippen LogP contribution in [0.2, 0.25) is 0 Å². The van der Waals surface area contributed by atoms with Crippen molar-refractivity contribution in [2.24, 2.45) is 0 Å². The normalized spacial score (nSPS) is 10.9. The van der Waals surface area contributed by atoms with Gasteiger partial charge in [-0.2, -0.15) is 0 Å². The lowest BCUT2D eigenvalue weighted by molar-refractivity contribution is 0.0497. The summed E-state index contributed by atoms with van der Waals surface area (Å²) in [5, 5.41) is 2.06. The highest BCUT2D eigenvalue weighted by Gasteiger charge is 2.18. The second-order valence-corrected chi connectivity index (χ2v) is 6.49. The maximum Gasteiger partial charge on any atom is 0.357 e. The van der Waals surface area contributed by atoms with E-state index < -0.39 is 0 Å². The summed E-state index contributed by atoms with van der Waals surface area (Å²) in [6.45, 7) is 13.4. The fraction of sp³-hybridized carbons (Fsp3) is 0.273. The Bertz CT molecular complexity index is 994. The molecule has 0 saturated heterocycles. The number of nitrogens with zero attached hydrogens (tertiary/aromatic N) is 2. The van der Waals surface area contributed by atoms with E-state index in [1.54, 1.807) is 6.20 Å². The number of rotatable bonds is 8. The molecule has 0 amide bonds. The first kappa shape index (κ1) is 18.7. The number of aromatic nitrogens is 2. The number of H-pyrrole nitrogens is 1. The van der Waals surface area contributed by atoms with Crippen molar-refractivity contribution in [3.05, 3.63) is 61.0 Å². The summed E-state index contributed by atoms with van der Waals surface area (Å²) in [6.07, 6.45) is 6.24. The molecule has 0 fully saturated rings.